The molecule has 0 radical (unpaired) electrons. The number of aliphatic imine (C=N–C) groups is 1. The van der Waals surface area contributed by atoms with Crippen molar-refractivity contribution in [2.45, 2.75) is 164 Å². The maximum atomic E-state index is 14.2. The zero-order chi connectivity index (χ0) is 94.0. The number of aromatic amines is 1. The number of fused-ring (bicyclic) bond motifs is 7. The molecule has 2 fully saturated rings. The van der Waals surface area contributed by atoms with E-state index in [0.717, 1.165) is 50.1 Å². The summed E-state index contributed by atoms with van der Waals surface area (Å²) in [5, 5.41) is 57.3. The van der Waals surface area contributed by atoms with Crippen LogP contribution in [0.25, 0.3) is 38.3 Å². The number of aliphatic hydroxyl groups excluding tert-OH is 4. The predicted octanol–water partition coefficient (Wildman–Crippen LogP) is 12.5. The molecule has 0 bridgehead atoms. The van der Waals surface area contributed by atoms with Gasteiger partial charge in [-0.3, -0.25) is 29.8 Å². The number of hydrogen-bond acceptors (Lipinski definition) is 29. The molecular formula is C98H117N14O20P2+. The number of nitrogens with zero attached hydrogens (tertiary/aromatic N) is 8. The Morgan fingerprint density at radius 2 is 1.29 bits per heavy atom. The zero-order valence-corrected chi connectivity index (χ0v) is 77.6. The lowest BCUT2D eigenvalue weighted by molar-refractivity contribution is -0.123. The second kappa shape index (κ2) is 45.6. The highest BCUT2D eigenvalue weighted by Gasteiger charge is 2.56. The monoisotopic (exact) mass is 1870 g/mol. The highest BCUT2D eigenvalue weighted by atomic mass is 31.2. The molecule has 34 nitrogen and oxygen atoms in total. The lowest BCUT2D eigenvalue weighted by Crippen LogP contribution is -2.43. The number of amides is 2. The summed E-state index contributed by atoms with van der Waals surface area (Å²) in [5.74, 6) is 0.557. The van der Waals surface area contributed by atoms with E-state index in [1.54, 1.807) is 39.6 Å². The highest BCUT2D eigenvalue weighted by Crippen LogP contribution is 2.62. The standard InChI is InChI=1S/C98H116N14O20P2/c1-62(2)112(63(3)4)133(126-52-21-47-99)131-81-54-88(110-51-46-85(105-95(110)117)104-86(113)32-20-50-109(6)97(119)124-58-80-77-30-18-14-26-73(77)74-27-15-19-31-78(74)80)130-84(81)60-128-134(120,127-53-49-100-5)132-82-55-89(129-83(82)59-125-98(66-22-10-9-11-23-66,67-37-41-69(121-7)42-38-67)68-39-43-70(122-8)44-40-68)111-61-103-90-91(111)107-94(108-93(90)116)106-87(114)45-48-101-92(115)65-35-33-64(34-36-65)56-102-96(118)123-57-79-75-28-16-12-24-71(75)72-25-13-17-29-76(72)79/h9-19,22-31,33-44,46,51,61-63,79-84,87-89,92,95-96,101-102,114-115,117-118,120H,20-21,32,45,47-50,52-60,99H2,1-4,6-8H3,(H2-,104,105,106,107,108,113,116)/p+1/t81?,82?,83?,84-,87?,88?,89-,92?,95?,96?,133?,134?/m1/s1. The largest absolute Gasteiger partial charge is 0.573 e. The predicted molar refractivity (Wildman–Crippen MR) is 505 cm³/mol. The average molecular weight is 1870 g/mol. The van der Waals surface area contributed by atoms with Crippen molar-refractivity contribution in [1.29, 1.82) is 0 Å². The van der Waals surface area contributed by atoms with Gasteiger partial charge >= 0.3 is 14.3 Å². The number of amidine groups is 1. The van der Waals surface area contributed by atoms with Gasteiger partial charge in [-0.2, -0.15) is 14.4 Å². The first-order chi connectivity index (χ1) is 65.0. The fraction of sp³-hybridized carbons (Fsp3) is 0.398. The van der Waals surface area contributed by atoms with Gasteiger partial charge in [0.15, 0.2) is 17.8 Å². The summed E-state index contributed by atoms with van der Waals surface area (Å²) < 4.78 is 81.7. The second-order valence-electron chi connectivity index (χ2n) is 33.7. The molecule has 10 unspecified atom stereocenters. The van der Waals surface area contributed by atoms with Gasteiger partial charge in [-0.1, -0.05) is 176 Å². The van der Waals surface area contributed by atoms with E-state index in [-0.39, 0.29) is 138 Å². The summed E-state index contributed by atoms with van der Waals surface area (Å²) in [6.07, 6.45) is -7.09. The number of H-pyrrole nitrogens is 1. The fourth-order valence-corrected chi connectivity index (χ4v) is 20.8. The Hall–Kier alpha value is -10.9. The Labute approximate surface area is 780 Å². The molecule has 12 N–H and O–H groups in total. The van der Waals surface area contributed by atoms with Crippen LogP contribution in [0.4, 0.5) is 10.7 Å². The molecule has 15 rings (SSSR count). The maximum Gasteiger partial charge on any atom is 0.573 e. The Morgan fingerprint density at radius 1 is 0.709 bits per heavy atom. The number of aliphatic hydroxyl groups is 4. The zero-order valence-electron chi connectivity index (χ0n) is 75.8. The molecule has 3 aliphatic heterocycles. The summed E-state index contributed by atoms with van der Waals surface area (Å²) >= 11 is 0. The third kappa shape index (κ3) is 23.2. The molecule has 2 amide bonds. The van der Waals surface area contributed by atoms with Gasteiger partial charge in [0, 0.05) is 82.5 Å². The molecule has 2 saturated heterocycles. The smallest absolute Gasteiger partial charge is 0.497 e. The van der Waals surface area contributed by atoms with Gasteiger partial charge in [0.1, 0.15) is 79.4 Å². The van der Waals surface area contributed by atoms with Gasteiger partial charge in [-0.05, 0) is 150 Å². The van der Waals surface area contributed by atoms with Crippen molar-refractivity contribution in [2.75, 3.05) is 92.4 Å². The molecule has 5 aliphatic rings. The number of methoxy groups -OCH3 is 2. The van der Waals surface area contributed by atoms with Crippen molar-refractivity contribution in [1.82, 2.24) is 49.9 Å². The van der Waals surface area contributed by atoms with E-state index in [0.29, 0.717) is 46.7 Å². The van der Waals surface area contributed by atoms with E-state index >= 15 is 0 Å². The lowest BCUT2D eigenvalue weighted by Gasteiger charge is -2.37. The number of carbonyl (C=O) groups is 2. The van der Waals surface area contributed by atoms with Crippen LogP contribution >= 0.6 is 16.7 Å². The molecular weight excluding hydrogens is 1760 g/mol. The van der Waals surface area contributed by atoms with Crippen LogP contribution in [0.2, 0.25) is 0 Å². The minimum atomic E-state index is -4.73. The van der Waals surface area contributed by atoms with Gasteiger partial charge < -0.3 is 93.6 Å². The van der Waals surface area contributed by atoms with Crippen molar-refractivity contribution in [3.05, 3.63) is 291 Å². The highest BCUT2D eigenvalue weighted by molar-refractivity contribution is 7.55. The van der Waals surface area contributed by atoms with Crippen molar-refractivity contribution in [2.24, 2.45) is 10.7 Å². The molecule has 8 aromatic carbocycles. The van der Waals surface area contributed by atoms with Crippen LogP contribution < -0.4 is 42.0 Å². The van der Waals surface area contributed by atoms with Crippen LogP contribution in [0, 0.1) is 6.57 Å². The number of hydrogen-bond donors (Lipinski definition) is 11. The summed E-state index contributed by atoms with van der Waals surface area (Å²) in [6.45, 7) is 16.2. The molecule has 12 atom stereocenters. The SMILES string of the molecule is [C-]#[N+]CCO[P+](O)(OC[C@H]1OC(N2C=CC(NC(=O)CCCN(C)C(=O)OCC3c4ccccc4-c4ccccc43)=NC2O)CC1OP(OCCCN)N(C(C)C)C(C)C)OC1C[C@H](n2cnc3c(=O)[nH]c(NC(O)CCNC(O)c4ccc(CNC(O)OCC5c6ccccc6-c6ccccc65)cc4)nc32)OC1COC(c1ccccc1)(c1ccc(OC)cc1)c1ccc(OC)cc1. The molecule has 5 heterocycles. The Balaban J connectivity index is 0.641. The number of nitrogens with one attached hydrogen (secondary N) is 5. The second-order valence-corrected chi connectivity index (χ2v) is 36.7. The van der Waals surface area contributed by atoms with E-state index in [4.69, 9.17) is 73.1 Å². The summed E-state index contributed by atoms with van der Waals surface area (Å²) in [5.41, 5.74) is 16.3. The maximum absolute atomic E-state index is 14.2. The molecule has 10 aromatic rings. The molecule has 134 heavy (non-hydrogen) atoms. The fourth-order valence-electron chi connectivity index (χ4n) is 17.5. The Bertz CT molecular complexity index is 5600. The van der Waals surface area contributed by atoms with Gasteiger partial charge in [0.05, 0.1) is 46.5 Å². The number of imidazole rings is 1. The minimum Gasteiger partial charge on any atom is -0.497 e. The molecule has 0 spiro atoms. The lowest BCUT2D eigenvalue weighted by atomic mass is 9.80. The van der Waals surface area contributed by atoms with Crippen molar-refractivity contribution in [3.63, 3.8) is 0 Å². The quantitative estimate of drug-likeness (QED) is 0.00555. The summed E-state index contributed by atoms with van der Waals surface area (Å²) in [6, 6.07) is 64.1. The molecule has 2 aliphatic carbocycles. The van der Waals surface area contributed by atoms with E-state index in [2.05, 4.69) is 94.3 Å². The van der Waals surface area contributed by atoms with E-state index in [1.807, 2.05) is 167 Å². The summed E-state index contributed by atoms with van der Waals surface area (Å²) in [7, 11) is -1.84. The number of rotatable bonds is 46. The average Bonchev–Trinajstić information content (AvgIpc) is 0.757. The number of aromatic nitrogens is 4. The van der Waals surface area contributed by atoms with Crippen molar-refractivity contribution >= 4 is 51.6 Å². The normalized spacial score (nSPS) is 19.5. The number of nitrogens with two attached hydrogens (primary N) is 1. The van der Waals surface area contributed by atoms with Crippen LogP contribution in [0.5, 0.6) is 11.5 Å². The third-order valence-corrected chi connectivity index (χ3v) is 27.9. The van der Waals surface area contributed by atoms with Crippen LogP contribution in [0.15, 0.2) is 229 Å². The van der Waals surface area contributed by atoms with Crippen LogP contribution in [-0.2, 0) is 63.2 Å². The van der Waals surface area contributed by atoms with Gasteiger partial charge in [0.25, 0.3) is 14.1 Å². The number of carbonyl (C=O) groups excluding carboxylic acids is 2. The van der Waals surface area contributed by atoms with Gasteiger partial charge in [-0.15, -0.1) is 9.05 Å². The minimum absolute atomic E-state index is 0.00928. The molecule has 2 aromatic heterocycles. The first kappa shape index (κ1) is 97.6. The van der Waals surface area contributed by atoms with Crippen molar-refractivity contribution < 1.29 is 90.7 Å². The topological polar surface area (TPSA) is 410 Å². The van der Waals surface area contributed by atoms with Crippen LogP contribution in [-0.4, -0.2) is 226 Å². The van der Waals surface area contributed by atoms with Crippen molar-refractivity contribution in [3.8, 4) is 33.8 Å². The third-order valence-electron chi connectivity index (χ3n) is 24.2. The van der Waals surface area contributed by atoms with E-state index < -0.39 is 109 Å². The Kier molecular flexibility index (Phi) is 33.2. The first-order valence-electron chi connectivity index (χ1n) is 45.0. The molecule has 708 valence electrons. The molecule has 36 heteroatoms. The Morgan fingerprint density at radius 3 is 1.89 bits per heavy atom. The molecule has 0 saturated carbocycles. The van der Waals surface area contributed by atoms with E-state index in [1.165, 1.54) is 26.8 Å². The number of anilines is 1. The first-order valence-corrected chi connectivity index (χ1v) is 47.7. The van der Waals surface area contributed by atoms with E-state index in [9.17, 15) is 39.7 Å². The number of benzene rings is 8. The van der Waals surface area contributed by atoms with Gasteiger partial charge in [0.2, 0.25) is 31.2 Å². The van der Waals surface area contributed by atoms with Crippen LogP contribution in [0.1, 0.15) is 141 Å². The number of ether oxygens (including phenoxy) is 7. The van der Waals surface area contributed by atoms with Crippen LogP contribution in [0.3, 0.4) is 0 Å². The summed E-state index contributed by atoms with van der Waals surface area (Å²) in [4.78, 5) is 77.2. The van der Waals surface area contributed by atoms with Gasteiger partial charge in [-0.25, -0.2) is 26.0 Å².